The number of thioether (sulfide) groups is 1. The predicted molar refractivity (Wildman–Crippen MR) is 141 cm³/mol. The van der Waals surface area contributed by atoms with E-state index in [0.29, 0.717) is 22.2 Å². The second-order valence-electron chi connectivity index (χ2n) is 7.34. The summed E-state index contributed by atoms with van der Waals surface area (Å²) >= 11 is 3.36. The van der Waals surface area contributed by atoms with Crippen molar-refractivity contribution in [2.45, 2.75) is 25.6 Å². The summed E-state index contributed by atoms with van der Waals surface area (Å²) in [5.41, 5.74) is 5.82. The van der Waals surface area contributed by atoms with Crippen molar-refractivity contribution in [3.8, 4) is 11.5 Å². The first-order valence-corrected chi connectivity index (χ1v) is 12.4. The number of aryl methyl sites for hydroxylation is 2. The Morgan fingerprint density at radius 1 is 1.17 bits per heavy atom. The first-order chi connectivity index (χ1) is 16.7. The molecule has 0 bridgehead atoms. The molecule has 3 aromatic rings. The maximum Gasteiger partial charge on any atom is 0.335 e. The first-order valence-electron chi connectivity index (χ1n) is 10.3. The molecule has 182 valence electrons. The second kappa shape index (κ2) is 12.5. The molecule has 1 amide bonds. The van der Waals surface area contributed by atoms with E-state index in [1.165, 1.54) is 31.2 Å². The van der Waals surface area contributed by atoms with Crippen LogP contribution in [0.3, 0.4) is 0 Å². The van der Waals surface area contributed by atoms with Crippen molar-refractivity contribution in [3.63, 3.8) is 0 Å². The summed E-state index contributed by atoms with van der Waals surface area (Å²) in [5.74, 6) is -0.121. The zero-order chi connectivity index (χ0) is 25.4. The highest BCUT2D eigenvalue weighted by atomic mass is 127. The third-order valence-electron chi connectivity index (χ3n) is 4.51. The summed E-state index contributed by atoms with van der Waals surface area (Å²) in [6, 6.07) is 12.0. The molecule has 1 aromatic heterocycles. The van der Waals surface area contributed by atoms with Crippen LogP contribution in [0.2, 0.25) is 0 Å². The third kappa shape index (κ3) is 7.92. The summed E-state index contributed by atoms with van der Waals surface area (Å²) in [4.78, 5) is 31.9. The number of halogens is 1. The first kappa shape index (κ1) is 26.4. The zero-order valence-corrected chi connectivity index (χ0v) is 22.2. The quantitative estimate of drug-likeness (QED) is 0.116. The van der Waals surface area contributed by atoms with E-state index in [9.17, 15) is 9.59 Å². The van der Waals surface area contributed by atoms with Crippen LogP contribution in [0.4, 0.5) is 0 Å². The lowest BCUT2D eigenvalue weighted by Gasteiger charge is -2.14. The van der Waals surface area contributed by atoms with Gasteiger partial charge in [-0.15, -0.1) is 0 Å². The molecule has 3 rings (SSSR count). The van der Waals surface area contributed by atoms with E-state index in [-0.39, 0.29) is 23.8 Å². The summed E-state index contributed by atoms with van der Waals surface area (Å²) in [6.07, 6.45) is 1.51. The Labute approximate surface area is 220 Å². The van der Waals surface area contributed by atoms with Crippen molar-refractivity contribution in [3.05, 3.63) is 74.1 Å². The van der Waals surface area contributed by atoms with Gasteiger partial charge in [-0.1, -0.05) is 23.9 Å². The number of nitrogens with zero attached hydrogens (tertiary/aromatic N) is 3. The minimum atomic E-state index is -0.994. The smallest absolute Gasteiger partial charge is 0.335 e. The van der Waals surface area contributed by atoms with Crippen molar-refractivity contribution >= 4 is 52.4 Å². The van der Waals surface area contributed by atoms with Crippen LogP contribution in [0.15, 0.2) is 52.7 Å². The number of carbonyl (C=O) groups is 2. The van der Waals surface area contributed by atoms with Gasteiger partial charge in [-0.3, -0.25) is 4.79 Å². The average Bonchev–Trinajstić information content (AvgIpc) is 2.81. The molecule has 0 fully saturated rings. The third-order valence-corrected chi connectivity index (χ3v) is 6.15. The van der Waals surface area contributed by atoms with Crippen LogP contribution in [0, 0.1) is 17.4 Å². The van der Waals surface area contributed by atoms with Crippen molar-refractivity contribution in [2.24, 2.45) is 5.10 Å². The number of nitrogens with one attached hydrogen (secondary N) is 1. The van der Waals surface area contributed by atoms with Gasteiger partial charge in [0.25, 0.3) is 5.91 Å². The molecule has 0 saturated heterocycles. The maximum absolute atomic E-state index is 12.1. The number of hydrogen-bond donors (Lipinski definition) is 2. The second-order valence-corrected chi connectivity index (χ2v) is 9.45. The normalized spacial score (nSPS) is 10.9. The number of carboxylic acids is 1. The fourth-order valence-corrected chi connectivity index (χ4v) is 4.53. The maximum atomic E-state index is 12.1. The van der Waals surface area contributed by atoms with E-state index in [0.717, 1.165) is 20.5 Å². The number of hydrogen-bond acceptors (Lipinski definition) is 8. The molecule has 0 aliphatic rings. The van der Waals surface area contributed by atoms with E-state index in [1.54, 1.807) is 24.3 Å². The predicted octanol–water partition coefficient (Wildman–Crippen LogP) is 4.23. The Bertz CT molecular complexity index is 1250. The fourth-order valence-electron chi connectivity index (χ4n) is 3.00. The van der Waals surface area contributed by atoms with Gasteiger partial charge in [-0.05, 0) is 77.9 Å². The van der Waals surface area contributed by atoms with E-state index in [2.05, 4.69) is 43.1 Å². The Morgan fingerprint density at radius 2 is 1.91 bits per heavy atom. The van der Waals surface area contributed by atoms with Gasteiger partial charge in [0, 0.05) is 11.4 Å². The van der Waals surface area contributed by atoms with E-state index < -0.39 is 5.97 Å². The molecule has 0 spiro atoms. The van der Waals surface area contributed by atoms with Crippen molar-refractivity contribution in [1.29, 1.82) is 0 Å². The molecular weight excluding hydrogens is 583 g/mol. The largest absolute Gasteiger partial charge is 0.493 e. The van der Waals surface area contributed by atoms with Crippen LogP contribution in [0.25, 0.3) is 0 Å². The number of carbonyl (C=O) groups excluding carboxylic acids is 1. The molecule has 0 radical (unpaired) electrons. The van der Waals surface area contributed by atoms with Gasteiger partial charge in [-0.25, -0.2) is 20.2 Å². The molecule has 0 aliphatic heterocycles. The number of aromatic carboxylic acids is 1. The van der Waals surface area contributed by atoms with Crippen LogP contribution >= 0.6 is 34.4 Å². The lowest BCUT2D eigenvalue weighted by atomic mass is 10.1. The Morgan fingerprint density at radius 3 is 2.60 bits per heavy atom. The van der Waals surface area contributed by atoms with Crippen LogP contribution in [-0.4, -0.2) is 46.0 Å². The Kier molecular flexibility index (Phi) is 9.43. The molecular formula is C24H23IN4O5S. The van der Waals surface area contributed by atoms with Crippen LogP contribution < -0.4 is 14.9 Å². The Balaban J connectivity index is 1.60. The average molecular weight is 606 g/mol. The molecule has 11 heteroatoms. The number of rotatable bonds is 10. The van der Waals surface area contributed by atoms with Crippen LogP contribution in [0.5, 0.6) is 11.5 Å². The lowest BCUT2D eigenvalue weighted by molar-refractivity contribution is -0.118. The van der Waals surface area contributed by atoms with Gasteiger partial charge in [0.2, 0.25) is 0 Å². The molecule has 35 heavy (non-hydrogen) atoms. The molecule has 0 atom stereocenters. The monoisotopic (exact) mass is 606 g/mol. The van der Waals surface area contributed by atoms with E-state index in [4.69, 9.17) is 14.6 Å². The molecule has 0 unspecified atom stereocenters. The van der Waals surface area contributed by atoms with Crippen LogP contribution in [-0.2, 0) is 11.4 Å². The lowest BCUT2D eigenvalue weighted by Crippen LogP contribution is -2.19. The molecule has 2 N–H and O–H groups in total. The van der Waals surface area contributed by atoms with E-state index >= 15 is 0 Å². The molecule has 0 saturated carbocycles. The van der Waals surface area contributed by atoms with Crippen LogP contribution in [0.1, 0.15) is 32.9 Å². The highest BCUT2D eigenvalue weighted by Crippen LogP contribution is 2.34. The molecule has 2 aromatic carbocycles. The minimum Gasteiger partial charge on any atom is -0.493 e. The van der Waals surface area contributed by atoms with Crippen molar-refractivity contribution in [2.75, 3.05) is 12.9 Å². The standard InChI is InChI=1S/C24H23IN4O5S/c1-14-7-15(2)28-24(27-14)35-13-21(30)29-26-11-17-9-19(25)22(20(10-17)33-3)34-12-16-5-4-6-18(8-16)23(31)32/h4-11H,12-13H2,1-3H3,(H,29,30)(H,31,32)/b26-11-. The zero-order valence-electron chi connectivity index (χ0n) is 19.2. The number of hydrazone groups is 1. The summed E-state index contributed by atoms with van der Waals surface area (Å²) < 4.78 is 12.1. The summed E-state index contributed by atoms with van der Waals surface area (Å²) in [7, 11) is 1.53. The highest BCUT2D eigenvalue weighted by Gasteiger charge is 2.12. The van der Waals surface area contributed by atoms with Gasteiger partial charge in [-0.2, -0.15) is 5.10 Å². The minimum absolute atomic E-state index is 0.136. The SMILES string of the molecule is COc1cc(/C=N\NC(=O)CSc2nc(C)cc(C)n2)cc(I)c1OCc1cccc(C(=O)O)c1. The topological polar surface area (TPSA) is 123 Å². The summed E-state index contributed by atoms with van der Waals surface area (Å²) in [5, 5.41) is 13.7. The Hall–Kier alpha value is -3.19. The number of methoxy groups -OCH3 is 1. The van der Waals surface area contributed by atoms with Crippen molar-refractivity contribution < 1.29 is 24.2 Å². The van der Waals surface area contributed by atoms with Gasteiger partial charge in [0.1, 0.15) is 6.61 Å². The van der Waals surface area contributed by atoms with Gasteiger partial charge in [0.15, 0.2) is 16.7 Å². The molecule has 1 heterocycles. The molecule has 0 aliphatic carbocycles. The number of amides is 1. The number of aromatic nitrogens is 2. The van der Waals surface area contributed by atoms with Crippen molar-refractivity contribution in [1.82, 2.24) is 15.4 Å². The van der Waals surface area contributed by atoms with Gasteiger partial charge in [0.05, 0.1) is 28.2 Å². The fraction of sp³-hybridized carbons (Fsp3) is 0.208. The van der Waals surface area contributed by atoms with Gasteiger partial charge < -0.3 is 14.6 Å². The number of carboxylic acid groups (broad SMARTS) is 1. The van der Waals surface area contributed by atoms with Gasteiger partial charge >= 0.3 is 5.97 Å². The molecule has 9 nitrogen and oxygen atoms in total. The highest BCUT2D eigenvalue weighted by molar-refractivity contribution is 14.1. The number of ether oxygens (including phenoxy) is 2. The van der Waals surface area contributed by atoms with E-state index in [1.807, 2.05) is 26.0 Å². The number of benzene rings is 2. The summed E-state index contributed by atoms with van der Waals surface area (Å²) in [6.45, 7) is 3.94.